The summed E-state index contributed by atoms with van der Waals surface area (Å²) in [6, 6.07) is 8.78. The average Bonchev–Trinajstić information content (AvgIpc) is 3.34. The number of ether oxygens (including phenoxy) is 1. The lowest BCUT2D eigenvalue weighted by Gasteiger charge is -2.45. The van der Waals surface area contributed by atoms with Gasteiger partial charge in [-0.2, -0.15) is 17.5 Å². The number of morpholine rings is 1. The normalized spacial score (nSPS) is 24.9. The number of alkyl halides is 3. The SMILES string of the molecule is C[C@H]1CN(C[C@H]2CN(S(=O)(=O)c3cccs3)CCN2c2ccc([C@@](C)(O)C(F)(F)F)cc2)CCO1. The van der Waals surface area contributed by atoms with Crippen molar-refractivity contribution in [2.75, 3.05) is 50.8 Å². The minimum absolute atomic E-state index is 0.0654. The zero-order valence-corrected chi connectivity index (χ0v) is 21.2. The number of sulfonamides is 1. The number of aliphatic hydroxyl groups is 1. The smallest absolute Gasteiger partial charge is 0.376 e. The molecule has 0 unspecified atom stereocenters. The van der Waals surface area contributed by atoms with E-state index < -0.39 is 21.8 Å². The molecule has 2 saturated heterocycles. The molecule has 2 fully saturated rings. The second kappa shape index (κ2) is 9.98. The van der Waals surface area contributed by atoms with Crippen LogP contribution in [0.1, 0.15) is 19.4 Å². The zero-order valence-electron chi connectivity index (χ0n) is 19.6. The van der Waals surface area contributed by atoms with Gasteiger partial charge in [-0.05, 0) is 43.0 Å². The number of hydrogen-bond acceptors (Lipinski definition) is 7. The number of piperazine rings is 1. The quantitative estimate of drug-likeness (QED) is 0.615. The first kappa shape index (κ1) is 26.4. The molecule has 1 aromatic heterocycles. The van der Waals surface area contributed by atoms with Crippen LogP contribution in [0.25, 0.3) is 0 Å². The van der Waals surface area contributed by atoms with Gasteiger partial charge in [0.05, 0.1) is 18.8 Å². The van der Waals surface area contributed by atoms with E-state index in [4.69, 9.17) is 4.74 Å². The molecular weight excluding hydrogens is 503 g/mol. The Bertz CT molecular complexity index is 1090. The van der Waals surface area contributed by atoms with E-state index in [1.54, 1.807) is 29.6 Å². The lowest BCUT2D eigenvalue weighted by molar-refractivity contribution is -0.258. The Balaban J connectivity index is 1.59. The van der Waals surface area contributed by atoms with Crippen LogP contribution in [-0.4, -0.2) is 86.9 Å². The van der Waals surface area contributed by atoms with Gasteiger partial charge in [0, 0.05) is 45.0 Å². The predicted molar refractivity (Wildman–Crippen MR) is 128 cm³/mol. The minimum atomic E-state index is -4.80. The molecule has 0 amide bonds. The van der Waals surface area contributed by atoms with Crippen molar-refractivity contribution in [3.63, 3.8) is 0 Å². The maximum Gasteiger partial charge on any atom is 0.421 e. The summed E-state index contributed by atoms with van der Waals surface area (Å²) in [6.07, 6.45) is -4.73. The Morgan fingerprint density at radius 2 is 1.83 bits per heavy atom. The average molecular weight is 534 g/mol. The van der Waals surface area contributed by atoms with Crippen LogP contribution in [-0.2, 0) is 20.4 Å². The molecule has 3 heterocycles. The molecule has 194 valence electrons. The van der Waals surface area contributed by atoms with Crippen LogP contribution in [0, 0.1) is 0 Å². The summed E-state index contributed by atoms with van der Waals surface area (Å²) < 4.78 is 73.6. The van der Waals surface area contributed by atoms with Crippen molar-refractivity contribution in [2.45, 2.75) is 42.0 Å². The summed E-state index contributed by atoms with van der Waals surface area (Å²) >= 11 is 1.18. The number of nitrogens with zero attached hydrogens (tertiary/aromatic N) is 3. The lowest BCUT2D eigenvalue weighted by atomic mass is 9.95. The first-order valence-electron chi connectivity index (χ1n) is 11.4. The Hall–Kier alpha value is -1.70. The monoisotopic (exact) mass is 533 g/mol. The van der Waals surface area contributed by atoms with E-state index in [-0.39, 0.29) is 30.8 Å². The van der Waals surface area contributed by atoms with Crippen molar-refractivity contribution < 1.29 is 31.4 Å². The molecule has 0 radical (unpaired) electrons. The van der Waals surface area contributed by atoms with Gasteiger partial charge < -0.3 is 14.7 Å². The Labute approximate surface area is 207 Å². The number of halogens is 3. The molecule has 0 bridgehead atoms. The molecule has 2 aromatic rings. The summed E-state index contributed by atoms with van der Waals surface area (Å²) in [6.45, 7) is 6.26. The van der Waals surface area contributed by atoms with Crippen molar-refractivity contribution in [3.05, 3.63) is 47.3 Å². The van der Waals surface area contributed by atoms with E-state index in [0.717, 1.165) is 20.0 Å². The Kier molecular flexibility index (Phi) is 7.52. The van der Waals surface area contributed by atoms with E-state index in [9.17, 15) is 26.7 Å². The summed E-state index contributed by atoms with van der Waals surface area (Å²) in [5, 5.41) is 11.7. The maximum atomic E-state index is 13.3. The molecule has 35 heavy (non-hydrogen) atoms. The first-order chi connectivity index (χ1) is 16.4. The van der Waals surface area contributed by atoms with Crippen molar-refractivity contribution in [1.82, 2.24) is 9.21 Å². The van der Waals surface area contributed by atoms with Crippen LogP contribution < -0.4 is 4.90 Å². The molecule has 2 aliphatic heterocycles. The highest BCUT2D eigenvalue weighted by Crippen LogP contribution is 2.39. The van der Waals surface area contributed by atoms with Crippen LogP contribution in [0.4, 0.5) is 18.9 Å². The van der Waals surface area contributed by atoms with E-state index in [1.807, 2.05) is 11.8 Å². The molecule has 4 rings (SSSR count). The van der Waals surface area contributed by atoms with Crippen LogP contribution in [0.3, 0.4) is 0 Å². The van der Waals surface area contributed by atoms with E-state index in [1.165, 1.54) is 27.8 Å². The first-order valence-corrected chi connectivity index (χ1v) is 13.8. The third-order valence-corrected chi connectivity index (χ3v) is 9.88. The highest BCUT2D eigenvalue weighted by Gasteiger charge is 2.51. The lowest BCUT2D eigenvalue weighted by Crippen LogP contribution is -2.59. The molecule has 1 aromatic carbocycles. The van der Waals surface area contributed by atoms with Gasteiger partial charge in [0.15, 0.2) is 5.60 Å². The fourth-order valence-corrected chi connectivity index (χ4v) is 7.19. The maximum absolute atomic E-state index is 13.3. The molecule has 2 aliphatic rings. The highest BCUT2D eigenvalue weighted by molar-refractivity contribution is 7.91. The summed E-state index contributed by atoms with van der Waals surface area (Å²) in [7, 11) is -3.63. The fourth-order valence-electron chi connectivity index (χ4n) is 4.57. The van der Waals surface area contributed by atoms with Crippen molar-refractivity contribution in [3.8, 4) is 0 Å². The molecule has 7 nitrogen and oxygen atoms in total. The number of thiophene rings is 1. The molecule has 0 spiro atoms. The molecule has 1 N–H and O–H groups in total. The fraction of sp³-hybridized carbons (Fsp3) is 0.565. The second-order valence-electron chi connectivity index (χ2n) is 9.20. The second-order valence-corrected chi connectivity index (χ2v) is 12.3. The van der Waals surface area contributed by atoms with E-state index >= 15 is 0 Å². The Morgan fingerprint density at radius 3 is 2.43 bits per heavy atom. The largest absolute Gasteiger partial charge is 0.421 e. The van der Waals surface area contributed by atoms with Crippen molar-refractivity contribution in [2.24, 2.45) is 0 Å². The molecule has 0 aliphatic carbocycles. The van der Waals surface area contributed by atoms with Crippen molar-refractivity contribution >= 4 is 27.0 Å². The topological polar surface area (TPSA) is 73.3 Å². The summed E-state index contributed by atoms with van der Waals surface area (Å²) in [5.74, 6) is 0. The highest BCUT2D eigenvalue weighted by atomic mass is 32.2. The Morgan fingerprint density at radius 1 is 1.11 bits per heavy atom. The third-order valence-electron chi connectivity index (χ3n) is 6.64. The van der Waals surface area contributed by atoms with Crippen LogP contribution >= 0.6 is 11.3 Å². The number of benzene rings is 1. The van der Waals surface area contributed by atoms with Gasteiger partial charge in [-0.3, -0.25) is 4.90 Å². The molecular formula is C23H30F3N3O4S2. The van der Waals surface area contributed by atoms with Crippen molar-refractivity contribution in [1.29, 1.82) is 0 Å². The third kappa shape index (κ3) is 5.52. The van der Waals surface area contributed by atoms with Gasteiger partial charge >= 0.3 is 6.18 Å². The van der Waals surface area contributed by atoms with Gasteiger partial charge in [-0.15, -0.1) is 11.3 Å². The molecule has 0 saturated carbocycles. The van der Waals surface area contributed by atoms with E-state index in [2.05, 4.69) is 4.90 Å². The predicted octanol–water partition coefficient (Wildman–Crippen LogP) is 3.12. The molecule has 3 atom stereocenters. The van der Waals surface area contributed by atoms with Gasteiger partial charge in [-0.1, -0.05) is 18.2 Å². The molecule has 12 heteroatoms. The van der Waals surface area contributed by atoms with Crippen LogP contribution in [0.5, 0.6) is 0 Å². The number of hydrogen-bond donors (Lipinski definition) is 1. The summed E-state index contributed by atoms with van der Waals surface area (Å²) in [5.41, 5.74) is -2.51. The minimum Gasteiger partial charge on any atom is -0.376 e. The van der Waals surface area contributed by atoms with Crippen LogP contribution in [0.15, 0.2) is 46.0 Å². The summed E-state index contributed by atoms with van der Waals surface area (Å²) in [4.78, 5) is 4.28. The number of anilines is 1. The standard InChI is InChI=1S/C23H30F3N3O4S2/c1-17-14-27(11-12-33-17)15-20-16-28(35(31,32)21-4-3-13-34-21)9-10-29(20)19-7-5-18(6-8-19)22(2,30)23(24,25)26/h3-8,13,17,20,30H,9-12,14-16H2,1-2H3/t17-,20-,22+/m0/s1. The van der Waals surface area contributed by atoms with Gasteiger partial charge in [0.25, 0.3) is 10.0 Å². The van der Waals surface area contributed by atoms with Crippen LogP contribution in [0.2, 0.25) is 0 Å². The van der Waals surface area contributed by atoms with E-state index in [0.29, 0.717) is 29.6 Å². The zero-order chi connectivity index (χ0) is 25.4. The van der Waals surface area contributed by atoms with Gasteiger partial charge in [0.1, 0.15) is 4.21 Å². The van der Waals surface area contributed by atoms with Gasteiger partial charge in [0.2, 0.25) is 0 Å². The van der Waals surface area contributed by atoms with Gasteiger partial charge in [-0.25, -0.2) is 8.42 Å². The number of rotatable bonds is 6.